The van der Waals surface area contributed by atoms with Crippen molar-refractivity contribution in [3.05, 3.63) is 34.6 Å². The van der Waals surface area contributed by atoms with E-state index in [1.54, 1.807) is 17.0 Å². The minimum atomic E-state index is -0.279. The molecule has 0 spiro atoms. The third kappa shape index (κ3) is 2.94. The van der Waals surface area contributed by atoms with Crippen LogP contribution in [0.1, 0.15) is 12.0 Å². The van der Waals surface area contributed by atoms with Gasteiger partial charge in [-0.3, -0.25) is 9.36 Å². The van der Waals surface area contributed by atoms with Gasteiger partial charge >= 0.3 is 0 Å². The summed E-state index contributed by atoms with van der Waals surface area (Å²) >= 11 is 1.53. The van der Waals surface area contributed by atoms with Crippen LogP contribution < -0.4 is 5.56 Å². The van der Waals surface area contributed by atoms with Crippen molar-refractivity contribution in [2.24, 2.45) is 0 Å². The van der Waals surface area contributed by atoms with Gasteiger partial charge in [0.15, 0.2) is 5.16 Å². The molecule has 3 rings (SSSR count). The Hall–Kier alpha value is -2.24. The van der Waals surface area contributed by atoms with Gasteiger partial charge in [0.2, 0.25) is 0 Å². The fourth-order valence-electron chi connectivity index (χ4n) is 1.96. The molecule has 0 fully saturated rings. The van der Waals surface area contributed by atoms with Gasteiger partial charge in [0.1, 0.15) is 18.0 Å². The first-order chi connectivity index (χ1) is 10.3. The molecule has 1 N–H and O–H groups in total. The van der Waals surface area contributed by atoms with E-state index in [1.165, 1.54) is 18.1 Å². The Bertz CT molecular complexity index is 724. The Kier molecular flexibility index (Phi) is 5.03. The summed E-state index contributed by atoms with van der Waals surface area (Å²) in [6.07, 6.45) is 5.42. The van der Waals surface area contributed by atoms with Gasteiger partial charge in [-0.1, -0.05) is 11.8 Å². The van der Waals surface area contributed by atoms with Crippen LogP contribution in [0.4, 0.5) is 0 Å². The van der Waals surface area contributed by atoms with Crippen molar-refractivity contribution in [1.29, 1.82) is 5.26 Å². The molecule has 0 aromatic carbocycles. The lowest BCUT2D eigenvalue weighted by Crippen LogP contribution is -2.28. The third-order valence-corrected chi connectivity index (χ3v) is 3.90. The van der Waals surface area contributed by atoms with E-state index in [0.29, 0.717) is 23.0 Å². The molecule has 0 amide bonds. The minimum Gasteiger partial charge on any atom is -0.400 e. The number of thioether (sulfide) groups is 1. The summed E-state index contributed by atoms with van der Waals surface area (Å²) in [5.74, 6) is 0.934. The second-order valence-electron chi connectivity index (χ2n) is 4.02. The number of hydrogen-bond acceptors (Lipinski definition) is 7. The summed E-state index contributed by atoms with van der Waals surface area (Å²) in [4.78, 5) is 24.5. The first kappa shape index (κ1) is 15.2. The highest BCUT2D eigenvalue weighted by Gasteiger charge is 2.20. The smallest absolute Gasteiger partial charge is 0.272 e. The van der Waals surface area contributed by atoms with Gasteiger partial charge in [0.05, 0.1) is 5.69 Å². The summed E-state index contributed by atoms with van der Waals surface area (Å²) in [6.45, 7) is 0.619. The van der Waals surface area contributed by atoms with E-state index in [4.69, 9.17) is 5.11 Å². The van der Waals surface area contributed by atoms with Crippen LogP contribution in [-0.2, 0) is 6.54 Å². The second kappa shape index (κ2) is 6.97. The molecule has 108 valence electrons. The maximum absolute atomic E-state index is 12.3. The number of nitrogens with zero attached hydrogens (tertiary/aromatic N) is 5. The van der Waals surface area contributed by atoms with Crippen molar-refractivity contribution in [2.75, 3.05) is 12.9 Å². The van der Waals surface area contributed by atoms with E-state index >= 15 is 0 Å². The molecule has 0 saturated heterocycles. The lowest BCUT2D eigenvalue weighted by Gasteiger charge is -2.17. The Morgan fingerprint density at radius 3 is 2.76 bits per heavy atom. The number of hydrogen-bond donors (Lipinski definition) is 1. The van der Waals surface area contributed by atoms with Gasteiger partial charge < -0.3 is 5.11 Å². The van der Waals surface area contributed by atoms with Crippen LogP contribution in [0.15, 0.2) is 28.7 Å². The summed E-state index contributed by atoms with van der Waals surface area (Å²) in [5.41, 5.74) is 0.735. The van der Waals surface area contributed by atoms with E-state index in [0.717, 1.165) is 19.3 Å². The second-order valence-corrected chi connectivity index (χ2v) is 5.08. The zero-order valence-corrected chi connectivity index (χ0v) is 12.2. The molecule has 2 aromatic rings. The quantitative estimate of drug-likeness (QED) is 0.772. The Balaban J connectivity index is 0.000000774. The molecule has 7 nitrogen and oxygen atoms in total. The molecule has 8 heteroatoms. The number of rotatable bonds is 1. The number of nitriles is 1. The average molecular weight is 303 g/mol. The molecule has 0 radical (unpaired) electrons. The topological polar surface area (TPSA) is 105 Å². The number of aliphatic hydroxyl groups is 1. The van der Waals surface area contributed by atoms with Gasteiger partial charge in [0, 0.05) is 37.4 Å². The zero-order valence-electron chi connectivity index (χ0n) is 11.4. The number of aromatic nitrogens is 4. The molecule has 1 aliphatic rings. The third-order valence-electron chi connectivity index (χ3n) is 2.84. The first-order valence-electron chi connectivity index (χ1n) is 6.19. The molecular weight excluding hydrogens is 290 g/mol. The highest BCUT2D eigenvalue weighted by Crippen LogP contribution is 2.25. The highest BCUT2D eigenvalue weighted by molar-refractivity contribution is 7.99. The Labute approximate surface area is 125 Å². The van der Waals surface area contributed by atoms with Crippen molar-refractivity contribution in [3.8, 4) is 17.3 Å². The lowest BCUT2D eigenvalue weighted by atomic mass is 10.1. The van der Waals surface area contributed by atoms with Crippen LogP contribution >= 0.6 is 11.8 Å². The predicted octanol–water partition coefficient (Wildman–Crippen LogP) is 0.676. The Morgan fingerprint density at radius 2 is 2.10 bits per heavy atom. The molecule has 0 bridgehead atoms. The molecule has 2 aromatic heterocycles. The van der Waals surface area contributed by atoms with Gasteiger partial charge in [-0.05, 0) is 6.42 Å². The van der Waals surface area contributed by atoms with Crippen LogP contribution in [0, 0.1) is 11.3 Å². The number of fused-ring (bicyclic) bond motifs is 1. The average Bonchev–Trinajstić information content (AvgIpc) is 2.57. The van der Waals surface area contributed by atoms with E-state index in [9.17, 15) is 10.1 Å². The van der Waals surface area contributed by atoms with Crippen molar-refractivity contribution in [2.45, 2.75) is 18.1 Å². The fourth-order valence-corrected chi connectivity index (χ4v) is 2.90. The SMILES string of the molecule is CO.N#Cc1c(-c2cncnc2)nc2n(c1=O)CCCS2. The van der Waals surface area contributed by atoms with Gasteiger partial charge in [0.25, 0.3) is 5.56 Å². The van der Waals surface area contributed by atoms with Crippen LogP contribution in [0.2, 0.25) is 0 Å². The largest absolute Gasteiger partial charge is 0.400 e. The summed E-state index contributed by atoms with van der Waals surface area (Å²) in [6, 6.07) is 1.95. The maximum Gasteiger partial charge on any atom is 0.272 e. The van der Waals surface area contributed by atoms with Crippen molar-refractivity contribution < 1.29 is 5.11 Å². The first-order valence-corrected chi connectivity index (χ1v) is 7.17. The van der Waals surface area contributed by atoms with E-state index < -0.39 is 0 Å². The standard InChI is InChI=1S/C12H9N5OS.CH4O/c13-4-9-10(8-5-14-7-15-6-8)16-12-17(11(9)18)2-1-3-19-12;1-2/h5-7H,1-3H2;2H,1H3. The lowest BCUT2D eigenvalue weighted by molar-refractivity contribution is 0.399. The molecular formula is C13H13N5O2S. The minimum absolute atomic E-state index is 0.0565. The summed E-state index contributed by atoms with van der Waals surface area (Å²) in [5, 5.41) is 16.9. The summed E-state index contributed by atoms with van der Waals surface area (Å²) < 4.78 is 1.57. The van der Waals surface area contributed by atoms with Crippen molar-refractivity contribution >= 4 is 11.8 Å². The van der Waals surface area contributed by atoms with Crippen LogP contribution in [0.5, 0.6) is 0 Å². The zero-order chi connectivity index (χ0) is 15.2. The molecule has 3 heterocycles. The fraction of sp³-hybridized carbons (Fsp3) is 0.308. The predicted molar refractivity (Wildman–Crippen MR) is 77.7 cm³/mol. The van der Waals surface area contributed by atoms with Crippen LogP contribution in [0.3, 0.4) is 0 Å². The monoisotopic (exact) mass is 303 g/mol. The summed E-state index contributed by atoms with van der Waals surface area (Å²) in [7, 11) is 1.00. The van der Waals surface area contributed by atoms with Crippen LogP contribution in [-0.4, -0.2) is 37.5 Å². The van der Waals surface area contributed by atoms with Crippen molar-refractivity contribution in [3.63, 3.8) is 0 Å². The van der Waals surface area contributed by atoms with Crippen LogP contribution in [0.25, 0.3) is 11.3 Å². The molecule has 21 heavy (non-hydrogen) atoms. The van der Waals surface area contributed by atoms with Gasteiger partial charge in [-0.2, -0.15) is 5.26 Å². The molecule has 0 aliphatic carbocycles. The molecule has 1 aliphatic heterocycles. The van der Waals surface area contributed by atoms with E-state index in [2.05, 4.69) is 15.0 Å². The molecule has 0 saturated carbocycles. The van der Waals surface area contributed by atoms with Gasteiger partial charge in [-0.15, -0.1) is 0 Å². The Morgan fingerprint density at radius 1 is 1.38 bits per heavy atom. The molecule has 0 atom stereocenters. The highest BCUT2D eigenvalue weighted by atomic mass is 32.2. The van der Waals surface area contributed by atoms with E-state index in [1.807, 2.05) is 6.07 Å². The van der Waals surface area contributed by atoms with Gasteiger partial charge in [-0.25, -0.2) is 15.0 Å². The van der Waals surface area contributed by atoms with Crippen molar-refractivity contribution in [1.82, 2.24) is 19.5 Å². The normalized spacial score (nSPS) is 12.6. The maximum atomic E-state index is 12.3. The molecule has 0 unspecified atom stereocenters. The van der Waals surface area contributed by atoms with E-state index in [-0.39, 0.29) is 11.1 Å². The number of aliphatic hydroxyl groups excluding tert-OH is 1.